The van der Waals surface area contributed by atoms with E-state index in [2.05, 4.69) is 31.2 Å². The molecular weight excluding hydrogens is 370 g/mol. The van der Waals surface area contributed by atoms with Crippen molar-refractivity contribution in [2.75, 3.05) is 5.32 Å². The van der Waals surface area contributed by atoms with Crippen molar-refractivity contribution in [1.29, 1.82) is 0 Å². The third kappa shape index (κ3) is 3.20. The second-order valence-electron chi connectivity index (χ2n) is 4.23. The standard InChI is InChI=1S/C14H10BrN3OS2/c1-8-12(21-14(17-8)10-3-2-6-20-10)13(19)18-11-5-4-9(15)7-16-11/h2-7H,1H3,(H,16,18,19). The Labute approximate surface area is 138 Å². The van der Waals surface area contributed by atoms with Crippen LogP contribution in [0.3, 0.4) is 0 Å². The molecule has 0 aliphatic rings. The van der Waals surface area contributed by atoms with Crippen molar-refractivity contribution in [2.45, 2.75) is 6.92 Å². The molecule has 1 N–H and O–H groups in total. The predicted octanol–water partition coefficient (Wildman–Crippen LogP) is 4.59. The predicted molar refractivity (Wildman–Crippen MR) is 90.1 cm³/mol. The highest BCUT2D eigenvalue weighted by Crippen LogP contribution is 2.31. The Balaban J connectivity index is 1.83. The summed E-state index contributed by atoms with van der Waals surface area (Å²) in [5.41, 5.74) is 0.734. The van der Waals surface area contributed by atoms with E-state index in [1.165, 1.54) is 11.3 Å². The summed E-state index contributed by atoms with van der Waals surface area (Å²) < 4.78 is 0.870. The molecule has 3 rings (SSSR count). The molecule has 0 atom stereocenters. The average molecular weight is 380 g/mol. The lowest BCUT2D eigenvalue weighted by Crippen LogP contribution is -2.12. The van der Waals surface area contributed by atoms with Gasteiger partial charge in [0, 0.05) is 10.7 Å². The van der Waals surface area contributed by atoms with E-state index in [0.29, 0.717) is 10.7 Å². The molecule has 7 heteroatoms. The molecular formula is C14H10BrN3OS2. The van der Waals surface area contributed by atoms with E-state index in [-0.39, 0.29) is 5.91 Å². The Morgan fingerprint density at radius 2 is 2.19 bits per heavy atom. The maximum absolute atomic E-state index is 12.3. The fourth-order valence-electron chi connectivity index (χ4n) is 1.74. The summed E-state index contributed by atoms with van der Waals surface area (Å²) in [4.78, 5) is 22.6. The molecule has 0 aliphatic heterocycles. The van der Waals surface area contributed by atoms with Crippen LogP contribution in [0.2, 0.25) is 0 Å². The first-order valence-electron chi connectivity index (χ1n) is 6.07. The van der Waals surface area contributed by atoms with Gasteiger partial charge in [-0.25, -0.2) is 9.97 Å². The lowest BCUT2D eigenvalue weighted by molar-refractivity contribution is 0.102. The molecule has 4 nitrogen and oxygen atoms in total. The van der Waals surface area contributed by atoms with Crippen LogP contribution < -0.4 is 5.32 Å². The number of hydrogen-bond acceptors (Lipinski definition) is 5. The number of carbonyl (C=O) groups excluding carboxylic acids is 1. The lowest BCUT2D eigenvalue weighted by atomic mass is 10.3. The van der Waals surface area contributed by atoms with E-state index in [1.54, 1.807) is 23.6 Å². The molecule has 21 heavy (non-hydrogen) atoms. The third-order valence-corrected chi connectivity index (χ3v) is 5.37. The van der Waals surface area contributed by atoms with Crippen molar-refractivity contribution in [1.82, 2.24) is 9.97 Å². The van der Waals surface area contributed by atoms with Crippen molar-refractivity contribution >= 4 is 50.3 Å². The van der Waals surface area contributed by atoms with E-state index < -0.39 is 0 Å². The maximum atomic E-state index is 12.3. The summed E-state index contributed by atoms with van der Waals surface area (Å²) in [6.07, 6.45) is 1.65. The van der Waals surface area contributed by atoms with Crippen molar-refractivity contribution < 1.29 is 4.79 Å². The number of halogens is 1. The quantitative estimate of drug-likeness (QED) is 0.723. The first kappa shape index (κ1) is 14.4. The van der Waals surface area contributed by atoms with E-state index in [0.717, 1.165) is 20.1 Å². The zero-order valence-corrected chi connectivity index (χ0v) is 14.2. The SMILES string of the molecule is Cc1nc(-c2cccs2)sc1C(=O)Nc1ccc(Br)cn1. The normalized spacial score (nSPS) is 10.6. The van der Waals surface area contributed by atoms with Crippen molar-refractivity contribution in [3.05, 3.63) is 50.9 Å². The largest absolute Gasteiger partial charge is 0.306 e. The van der Waals surface area contributed by atoms with Gasteiger partial charge >= 0.3 is 0 Å². The van der Waals surface area contributed by atoms with Gasteiger partial charge in [0.15, 0.2) is 0 Å². The topological polar surface area (TPSA) is 54.9 Å². The van der Waals surface area contributed by atoms with Gasteiger partial charge in [-0.1, -0.05) is 6.07 Å². The molecule has 3 aromatic heterocycles. The molecule has 1 amide bonds. The van der Waals surface area contributed by atoms with E-state index in [9.17, 15) is 4.79 Å². The van der Waals surface area contributed by atoms with E-state index in [1.807, 2.05) is 30.5 Å². The van der Waals surface area contributed by atoms with Crippen molar-refractivity contribution in [3.63, 3.8) is 0 Å². The maximum Gasteiger partial charge on any atom is 0.268 e. The number of rotatable bonds is 3. The van der Waals surface area contributed by atoms with Crippen LogP contribution >= 0.6 is 38.6 Å². The molecule has 0 radical (unpaired) electrons. The number of aromatic nitrogens is 2. The summed E-state index contributed by atoms with van der Waals surface area (Å²) in [5, 5.41) is 5.66. The monoisotopic (exact) mass is 379 g/mol. The highest BCUT2D eigenvalue weighted by atomic mass is 79.9. The lowest BCUT2D eigenvalue weighted by Gasteiger charge is -2.02. The molecule has 0 spiro atoms. The van der Waals surface area contributed by atoms with E-state index >= 15 is 0 Å². The second-order valence-corrected chi connectivity index (χ2v) is 7.09. The van der Waals surface area contributed by atoms with Gasteiger partial charge in [-0.15, -0.1) is 22.7 Å². The number of hydrogen-bond donors (Lipinski definition) is 1. The number of nitrogens with one attached hydrogen (secondary N) is 1. The number of thiazole rings is 1. The molecule has 106 valence electrons. The number of nitrogens with zero attached hydrogens (tertiary/aromatic N) is 2. The van der Waals surface area contributed by atoms with Gasteiger partial charge in [0.05, 0.1) is 10.6 Å². The van der Waals surface area contributed by atoms with E-state index in [4.69, 9.17) is 0 Å². The van der Waals surface area contributed by atoms with Gasteiger partial charge in [-0.05, 0) is 46.4 Å². The summed E-state index contributed by atoms with van der Waals surface area (Å²) in [6, 6.07) is 7.56. The van der Waals surface area contributed by atoms with Crippen LogP contribution in [0.15, 0.2) is 40.3 Å². The van der Waals surface area contributed by atoms with Crippen LogP contribution in [-0.4, -0.2) is 15.9 Å². The van der Waals surface area contributed by atoms with Crippen molar-refractivity contribution in [3.8, 4) is 9.88 Å². The van der Waals surface area contributed by atoms with Crippen LogP contribution in [0.4, 0.5) is 5.82 Å². The molecule has 3 aromatic rings. The third-order valence-electron chi connectivity index (χ3n) is 2.70. The van der Waals surface area contributed by atoms with Gasteiger partial charge in [0.1, 0.15) is 15.7 Å². The number of pyridine rings is 1. The summed E-state index contributed by atoms with van der Waals surface area (Å²) in [5.74, 6) is 0.344. The summed E-state index contributed by atoms with van der Waals surface area (Å²) in [6.45, 7) is 1.84. The number of anilines is 1. The highest BCUT2D eigenvalue weighted by Gasteiger charge is 2.17. The van der Waals surface area contributed by atoms with Crippen LogP contribution in [0, 0.1) is 6.92 Å². The average Bonchev–Trinajstić information content (AvgIpc) is 3.10. The Hall–Kier alpha value is -1.57. The highest BCUT2D eigenvalue weighted by molar-refractivity contribution is 9.10. The first-order chi connectivity index (χ1) is 10.1. The molecule has 0 unspecified atom stereocenters. The molecule has 3 heterocycles. The molecule has 0 bridgehead atoms. The van der Waals surface area contributed by atoms with Crippen LogP contribution in [0.1, 0.15) is 15.4 Å². The fourth-order valence-corrected chi connectivity index (χ4v) is 3.73. The van der Waals surface area contributed by atoms with Gasteiger partial charge < -0.3 is 5.32 Å². The number of thiophene rings is 1. The van der Waals surface area contributed by atoms with Gasteiger partial charge in [-0.2, -0.15) is 0 Å². The Bertz CT molecular complexity index is 766. The first-order valence-corrected chi connectivity index (χ1v) is 8.56. The van der Waals surface area contributed by atoms with Crippen LogP contribution in [0.25, 0.3) is 9.88 Å². The van der Waals surface area contributed by atoms with Gasteiger partial charge in [0.2, 0.25) is 0 Å². The van der Waals surface area contributed by atoms with Crippen LogP contribution in [0.5, 0.6) is 0 Å². The minimum atomic E-state index is -0.178. The smallest absolute Gasteiger partial charge is 0.268 e. The van der Waals surface area contributed by atoms with Crippen molar-refractivity contribution in [2.24, 2.45) is 0 Å². The fraction of sp³-hybridized carbons (Fsp3) is 0.0714. The Morgan fingerprint density at radius 3 is 2.86 bits per heavy atom. The molecule has 0 aromatic carbocycles. The molecule has 0 fully saturated rings. The Kier molecular flexibility index (Phi) is 4.14. The zero-order chi connectivity index (χ0) is 14.8. The van der Waals surface area contributed by atoms with Crippen LogP contribution in [-0.2, 0) is 0 Å². The minimum absolute atomic E-state index is 0.178. The summed E-state index contributed by atoms with van der Waals surface area (Å²) >= 11 is 6.32. The number of amides is 1. The molecule has 0 saturated heterocycles. The Morgan fingerprint density at radius 1 is 1.33 bits per heavy atom. The minimum Gasteiger partial charge on any atom is -0.306 e. The number of aryl methyl sites for hydroxylation is 1. The van der Waals surface area contributed by atoms with Gasteiger partial charge in [-0.3, -0.25) is 4.79 Å². The second kappa shape index (κ2) is 6.05. The number of carbonyl (C=O) groups is 1. The zero-order valence-electron chi connectivity index (χ0n) is 11.0. The molecule has 0 aliphatic carbocycles. The van der Waals surface area contributed by atoms with Gasteiger partial charge in [0.25, 0.3) is 5.91 Å². The summed E-state index contributed by atoms with van der Waals surface area (Å²) in [7, 11) is 0. The molecule has 0 saturated carbocycles.